The first-order valence-corrected chi connectivity index (χ1v) is 13.3. The highest BCUT2D eigenvalue weighted by atomic mass is 35.5. The van der Waals surface area contributed by atoms with Crippen LogP contribution in [0.5, 0.6) is 0 Å². The minimum atomic E-state index is -0.276. The summed E-state index contributed by atoms with van der Waals surface area (Å²) in [5, 5.41) is 3.89. The van der Waals surface area contributed by atoms with E-state index in [1.54, 1.807) is 0 Å². The fourth-order valence-corrected chi connectivity index (χ4v) is 6.58. The van der Waals surface area contributed by atoms with Gasteiger partial charge in [-0.3, -0.25) is 0 Å². The second-order valence-electron chi connectivity index (χ2n) is 9.18. The maximum atomic E-state index is 6.83. The normalized spacial score (nSPS) is 11.4. The average Bonchev–Trinajstić information content (AvgIpc) is 2.81. The van der Waals surface area contributed by atoms with Crippen molar-refractivity contribution in [3.8, 4) is 0 Å². The topological polar surface area (TPSA) is 0 Å². The van der Waals surface area contributed by atoms with Gasteiger partial charge >= 0.3 is 0 Å². The molecule has 0 nitrogen and oxygen atoms in total. The highest BCUT2D eigenvalue weighted by molar-refractivity contribution is 6.97. The summed E-state index contributed by atoms with van der Waals surface area (Å²) in [5.41, 5.74) is 11.4. The van der Waals surface area contributed by atoms with E-state index in [1.165, 1.54) is 0 Å². The molecule has 0 saturated heterocycles. The van der Waals surface area contributed by atoms with E-state index in [9.17, 15) is 0 Å². The quantitative estimate of drug-likeness (QED) is 0.274. The monoisotopic (exact) mass is 572 g/mol. The van der Waals surface area contributed by atoms with Crippen LogP contribution in [0.1, 0.15) is 50.1 Å². The van der Waals surface area contributed by atoms with Crippen molar-refractivity contribution >= 4 is 92.7 Å². The summed E-state index contributed by atoms with van der Waals surface area (Å²) in [4.78, 5) is 0. The Bertz CT molecular complexity index is 1100. The minimum Gasteiger partial charge on any atom is -0.0837 e. The second-order valence-corrected chi connectivity index (χ2v) is 11.5. The van der Waals surface area contributed by atoms with Crippen LogP contribution >= 0.6 is 69.6 Å². The van der Waals surface area contributed by atoms with E-state index < -0.39 is 0 Å². The maximum Gasteiger partial charge on any atom is 0.243 e. The van der Waals surface area contributed by atoms with Crippen LogP contribution in [-0.4, -0.2) is 6.71 Å². The first-order chi connectivity index (χ1) is 15.7. The van der Waals surface area contributed by atoms with Gasteiger partial charge in [-0.05, 0) is 112 Å². The van der Waals surface area contributed by atoms with Gasteiger partial charge in [0.2, 0.25) is 6.71 Å². The summed E-state index contributed by atoms with van der Waals surface area (Å²) in [6, 6.07) is 0. The van der Waals surface area contributed by atoms with Gasteiger partial charge in [-0.25, -0.2) is 0 Å². The first kappa shape index (κ1) is 28.0. The third kappa shape index (κ3) is 4.19. The lowest BCUT2D eigenvalue weighted by atomic mass is 9.33. The number of benzene rings is 3. The summed E-state index contributed by atoms with van der Waals surface area (Å²) in [6.07, 6.45) is 0. The van der Waals surface area contributed by atoms with Gasteiger partial charge in [-0.15, -0.1) is 0 Å². The Morgan fingerprint density at radius 3 is 0.588 bits per heavy atom. The van der Waals surface area contributed by atoms with E-state index in [0.717, 1.165) is 66.5 Å². The van der Waals surface area contributed by atoms with Gasteiger partial charge < -0.3 is 0 Å². The van der Waals surface area contributed by atoms with Crippen molar-refractivity contribution in [3.05, 3.63) is 80.2 Å². The lowest BCUT2D eigenvalue weighted by Crippen LogP contribution is -2.58. The maximum absolute atomic E-state index is 6.83. The molecule has 0 aliphatic heterocycles. The van der Waals surface area contributed by atoms with Crippen LogP contribution in [0.3, 0.4) is 0 Å². The molecule has 7 heteroatoms. The molecule has 0 N–H and O–H groups in total. The van der Waals surface area contributed by atoms with Gasteiger partial charge in [-0.1, -0.05) is 86.0 Å². The SMILES string of the molecule is Cc1c(Cl)c(C)c(B(c2c(C)c(Cl)c(C)c(Cl)c2C)c2c(C)c(Cl)c(C)c(Cl)c2C)c(C)c1Cl. The summed E-state index contributed by atoms with van der Waals surface area (Å²) < 4.78 is 0. The van der Waals surface area contributed by atoms with Gasteiger partial charge in [0.05, 0.1) is 0 Å². The predicted octanol–water partition coefficient (Wildman–Crippen LogP) is 8.90. The molecule has 3 rings (SSSR count). The molecule has 0 aliphatic rings. The molecule has 0 aromatic heterocycles. The Hall–Kier alpha value is -0.535. The molecule has 180 valence electrons. The molecule has 3 aromatic carbocycles. The van der Waals surface area contributed by atoms with E-state index in [2.05, 4.69) is 0 Å². The first-order valence-electron chi connectivity index (χ1n) is 11.0. The van der Waals surface area contributed by atoms with Crippen LogP contribution in [0.25, 0.3) is 0 Å². The van der Waals surface area contributed by atoms with Crippen molar-refractivity contribution in [2.75, 3.05) is 0 Å². The number of hydrogen-bond acceptors (Lipinski definition) is 0. The molecular formula is C27H27BCl6. The molecule has 3 aromatic rings. The van der Waals surface area contributed by atoms with Crippen LogP contribution in [0.15, 0.2) is 0 Å². The third-order valence-electron chi connectivity index (χ3n) is 7.24. The molecule has 0 atom stereocenters. The molecule has 0 spiro atoms. The highest BCUT2D eigenvalue weighted by Gasteiger charge is 2.35. The van der Waals surface area contributed by atoms with E-state index in [4.69, 9.17) is 69.6 Å². The Kier molecular flexibility index (Phi) is 8.31. The van der Waals surface area contributed by atoms with Crippen LogP contribution in [0.2, 0.25) is 30.1 Å². The van der Waals surface area contributed by atoms with E-state index in [1.807, 2.05) is 62.3 Å². The molecule has 0 saturated carbocycles. The van der Waals surface area contributed by atoms with Gasteiger partial charge in [-0.2, -0.15) is 0 Å². The largest absolute Gasteiger partial charge is 0.243 e. The van der Waals surface area contributed by atoms with E-state index in [0.29, 0.717) is 30.1 Å². The number of hydrogen-bond donors (Lipinski definition) is 0. The van der Waals surface area contributed by atoms with E-state index >= 15 is 0 Å². The summed E-state index contributed by atoms with van der Waals surface area (Å²) in [7, 11) is 0. The Morgan fingerprint density at radius 2 is 0.441 bits per heavy atom. The lowest BCUT2D eigenvalue weighted by molar-refractivity contribution is 1.32. The summed E-state index contributed by atoms with van der Waals surface area (Å²) in [6.45, 7) is 17.7. The zero-order chi connectivity index (χ0) is 26.0. The molecule has 0 unspecified atom stereocenters. The summed E-state index contributed by atoms with van der Waals surface area (Å²) in [5.74, 6) is 0. The standard InChI is InChI=1S/C27H27BCl6/c1-10-19(11(2)23(30)16(7)22(10)29)28(20-12(3)24(31)17(8)25(32)13(20)4)21-14(5)26(33)18(9)27(34)15(21)6/h1-9H3. The van der Waals surface area contributed by atoms with Crippen molar-refractivity contribution in [2.45, 2.75) is 62.3 Å². The molecule has 0 fully saturated rings. The van der Waals surface area contributed by atoms with Gasteiger partial charge in [0.25, 0.3) is 0 Å². The molecule has 0 bridgehead atoms. The van der Waals surface area contributed by atoms with Crippen LogP contribution in [0.4, 0.5) is 0 Å². The average molecular weight is 575 g/mol. The molecule has 0 aliphatic carbocycles. The third-order valence-corrected chi connectivity index (χ3v) is 10.6. The smallest absolute Gasteiger partial charge is 0.0837 e. The zero-order valence-corrected chi connectivity index (χ0v) is 25.4. The van der Waals surface area contributed by atoms with Gasteiger partial charge in [0, 0.05) is 30.1 Å². The molecule has 0 heterocycles. The Morgan fingerprint density at radius 1 is 0.294 bits per heavy atom. The molecule has 34 heavy (non-hydrogen) atoms. The fraction of sp³-hybridized carbons (Fsp3) is 0.333. The van der Waals surface area contributed by atoms with Crippen LogP contribution < -0.4 is 16.4 Å². The van der Waals surface area contributed by atoms with Crippen LogP contribution in [-0.2, 0) is 0 Å². The van der Waals surface area contributed by atoms with Crippen molar-refractivity contribution in [1.82, 2.24) is 0 Å². The van der Waals surface area contributed by atoms with Crippen LogP contribution in [0, 0.1) is 62.3 Å². The van der Waals surface area contributed by atoms with Gasteiger partial charge in [0.15, 0.2) is 0 Å². The lowest BCUT2D eigenvalue weighted by Gasteiger charge is -2.30. The minimum absolute atomic E-state index is 0.276. The molecule has 0 radical (unpaired) electrons. The second kappa shape index (κ2) is 10.1. The predicted molar refractivity (Wildman–Crippen MR) is 157 cm³/mol. The van der Waals surface area contributed by atoms with Crippen molar-refractivity contribution in [3.63, 3.8) is 0 Å². The van der Waals surface area contributed by atoms with Crippen molar-refractivity contribution < 1.29 is 0 Å². The Labute approximate surface area is 233 Å². The number of rotatable bonds is 3. The highest BCUT2D eigenvalue weighted by Crippen LogP contribution is 2.34. The van der Waals surface area contributed by atoms with Gasteiger partial charge in [0.1, 0.15) is 0 Å². The van der Waals surface area contributed by atoms with E-state index in [-0.39, 0.29) is 6.71 Å². The molecule has 0 amide bonds. The summed E-state index contributed by atoms with van der Waals surface area (Å²) >= 11 is 41.0. The Balaban J connectivity index is 2.68. The zero-order valence-electron chi connectivity index (χ0n) is 20.8. The van der Waals surface area contributed by atoms with Crippen molar-refractivity contribution in [1.29, 1.82) is 0 Å². The number of halogens is 6. The fourth-order valence-electron chi connectivity index (χ4n) is 5.26. The molecular weight excluding hydrogens is 548 g/mol. The van der Waals surface area contributed by atoms with Crippen molar-refractivity contribution in [2.24, 2.45) is 0 Å².